The van der Waals surface area contributed by atoms with Crippen molar-refractivity contribution in [2.75, 3.05) is 0 Å². The molecule has 0 spiro atoms. The van der Waals surface area contributed by atoms with Crippen LogP contribution < -0.4 is 5.32 Å². The van der Waals surface area contributed by atoms with E-state index in [0.29, 0.717) is 17.3 Å². The summed E-state index contributed by atoms with van der Waals surface area (Å²) in [6.45, 7) is 0. The van der Waals surface area contributed by atoms with Gasteiger partial charge in [-0.05, 0) is 47.0 Å². The van der Waals surface area contributed by atoms with Crippen molar-refractivity contribution in [1.82, 2.24) is 5.32 Å². The molecule has 1 aromatic carbocycles. The molecular formula is C15H17BrFNO3. The number of nitrogens with one attached hydrogen (secondary N) is 1. The number of carboxylic acids is 1. The van der Waals surface area contributed by atoms with Gasteiger partial charge in [-0.1, -0.05) is 25.7 Å². The van der Waals surface area contributed by atoms with Gasteiger partial charge in [0.05, 0.1) is 5.56 Å². The molecule has 0 atom stereocenters. The van der Waals surface area contributed by atoms with Crippen LogP contribution in [0.1, 0.15) is 48.9 Å². The van der Waals surface area contributed by atoms with E-state index in [2.05, 4.69) is 21.2 Å². The van der Waals surface area contributed by atoms with Gasteiger partial charge in [0.1, 0.15) is 11.4 Å². The summed E-state index contributed by atoms with van der Waals surface area (Å²) in [6.07, 6.45) is 4.35. The number of carboxylic acid groups (broad SMARTS) is 1. The first kappa shape index (κ1) is 15.9. The summed E-state index contributed by atoms with van der Waals surface area (Å²) in [5, 5.41) is 12.2. The Kier molecular flexibility index (Phi) is 4.98. The third kappa shape index (κ3) is 3.61. The SMILES string of the molecule is O=C(NC1(C(=O)O)CCCCCC1)c1ccc(F)cc1Br. The second kappa shape index (κ2) is 6.56. The molecule has 6 heteroatoms. The first-order chi connectivity index (χ1) is 9.94. The average molecular weight is 358 g/mol. The predicted octanol–water partition coefficient (Wildman–Crippen LogP) is 3.50. The van der Waals surface area contributed by atoms with Crippen LogP contribution >= 0.6 is 15.9 Å². The lowest BCUT2D eigenvalue weighted by atomic mass is 9.90. The highest BCUT2D eigenvalue weighted by Gasteiger charge is 2.40. The van der Waals surface area contributed by atoms with Crippen molar-refractivity contribution in [1.29, 1.82) is 0 Å². The summed E-state index contributed by atoms with van der Waals surface area (Å²) in [7, 11) is 0. The van der Waals surface area contributed by atoms with Crippen LogP contribution in [0.25, 0.3) is 0 Å². The van der Waals surface area contributed by atoms with Gasteiger partial charge in [-0.15, -0.1) is 0 Å². The van der Waals surface area contributed by atoms with E-state index in [1.807, 2.05) is 0 Å². The Morgan fingerprint density at radius 2 is 1.81 bits per heavy atom. The standard InChI is InChI=1S/C15H17BrFNO3/c16-12-9-10(17)5-6-11(12)13(19)18-15(14(20)21)7-3-1-2-4-8-15/h5-6,9H,1-4,7-8H2,(H,18,19)(H,20,21). The van der Waals surface area contributed by atoms with E-state index in [9.17, 15) is 19.1 Å². The minimum absolute atomic E-state index is 0.237. The van der Waals surface area contributed by atoms with Crippen LogP contribution in [0.2, 0.25) is 0 Å². The van der Waals surface area contributed by atoms with E-state index in [0.717, 1.165) is 25.7 Å². The Hall–Kier alpha value is -1.43. The Morgan fingerprint density at radius 3 is 2.33 bits per heavy atom. The van der Waals surface area contributed by atoms with Crippen molar-refractivity contribution in [3.63, 3.8) is 0 Å². The summed E-state index contributed by atoms with van der Waals surface area (Å²) in [6, 6.07) is 3.72. The van der Waals surface area contributed by atoms with Crippen LogP contribution in [-0.2, 0) is 4.79 Å². The number of amides is 1. The molecule has 0 aromatic heterocycles. The first-order valence-electron chi connectivity index (χ1n) is 6.95. The maximum Gasteiger partial charge on any atom is 0.329 e. The third-order valence-corrected chi connectivity index (χ3v) is 4.55. The lowest BCUT2D eigenvalue weighted by molar-refractivity contribution is -0.145. The quantitative estimate of drug-likeness (QED) is 0.813. The van der Waals surface area contributed by atoms with Crippen LogP contribution in [0.4, 0.5) is 4.39 Å². The van der Waals surface area contributed by atoms with Crippen LogP contribution in [0, 0.1) is 5.82 Å². The molecule has 1 aliphatic rings. The first-order valence-corrected chi connectivity index (χ1v) is 7.75. The van der Waals surface area contributed by atoms with E-state index in [4.69, 9.17) is 0 Å². The molecule has 0 unspecified atom stereocenters. The van der Waals surface area contributed by atoms with Gasteiger partial charge in [-0.3, -0.25) is 4.79 Å². The molecule has 1 saturated carbocycles. The molecule has 4 nitrogen and oxygen atoms in total. The predicted molar refractivity (Wildman–Crippen MR) is 79.6 cm³/mol. The molecule has 1 amide bonds. The van der Waals surface area contributed by atoms with Gasteiger partial charge in [-0.25, -0.2) is 9.18 Å². The second-order valence-electron chi connectivity index (χ2n) is 5.38. The minimum Gasteiger partial charge on any atom is -0.480 e. The second-order valence-corrected chi connectivity index (χ2v) is 6.23. The van der Waals surface area contributed by atoms with Crippen molar-refractivity contribution >= 4 is 27.8 Å². The van der Waals surface area contributed by atoms with Crippen molar-refractivity contribution in [2.24, 2.45) is 0 Å². The van der Waals surface area contributed by atoms with Crippen molar-refractivity contribution < 1.29 is 19.1 Å². The molecule has 2 rings (SSSR count). The molecule has 114 valence electrons. The van der Waals surface area contributed by atoms with E-state index in [-0.39, 0.29) is 5.56 Å². The van der Waals surface area contributed by atoms with Crippen LogP contribution in [-0.4, -0.2) is 22.5 Å². The summed E-state index contributed by atoms with van der Waals surface area (Å²) < 4.78 is 13.4. The number of hydrogen-bond acceptors (Lipinski definition) is 2. The molecule has 1 aromatic rings. The number of hydrogen-bond donors (Lipinski definition) is 2. The van der Waals surface area contributed by atoms with Crippen molar-refractivity contribution in [3.05, 3.63) is 34.1 Å². The van der Waals surface area contributed by atoms with Gasteiger partial charge in [-0.2, -0.15) is 0 Å². The average Bonchev–Trinajstić information content (AvgIpc) is 2.65. The smallest absolute Gasteiger partial charge is 0.329 e. The summed E-state index contributed by atoms with van der Waals surface area (Å²) in [5.74, 6) is -1.96. The topological polar surface area (TPSA) is 66.4 Å². The Balaban J connectivity index is 2.24. The Bertz CT molecular complexity index is 554. The van der Waals surface area contributed by atoms with Crippen LogP contribution in [0.5, 0.6) is 0 Å². The molecule has 2 N–H and O–H groups in total. The molecule has 0 aliphatic heterocycles. The molecule has 21 heavy (non-hydrogen) atoms. The van der Waals surface area contributed by atoms with E-state index in [1.54, 1.807) is 0 Å². The van der Waals surface area contributed by atoms with Crippen molar-refractivity contribution in [2.45, 2.75) is 44.1 Å². The molecule has 0 bridgehead atoms. The number of aliphatic carboxylic acids is 1. The highest BCUT2D eigenvalue weighted by molar-refractivity contribution is 9.10. The number of carbonyl (C=O) groups excluding carboxylic acids is 1. The largest absolute Gasteiger partial charge is 0.480 e. The lowest BCUT2D eigenvalue weighted by Gasteiger charge is -2.29. The third-order valence-electron chi connectivity index (χ3n) is 3.90. The Labute approximate surface area is 130 Å². The number of rotatable bonds is 3. The highest BCUT2D eigenvalue weighted by Crippen LogP contribution is 2.28. The zero-order valence-electron chi connectivity index (χ0n) is 11.5. The molecular weight excluding hydrogens is 341 g/mol. The molecule has 0 saturated heterocycles. The normalized spacial score (nSPS) is 17.8. The van der Waals surface area contributed by atoms with Crippen LogP contribution in [0.15, 0.2) is 22.7 Å². The summed E-state index contributed by atoms with van der Waals surface area (Å²) in [4.78, 5) is 24.0. The number of carbonyl (C=O) groups is 2. The fraction of sp³-hybridized carbons (Fsp3) is 0.467. The zero-order chi connectivity index (χ0) is 15.5. The lowest BCUT2D eigenvalue weighted by Crippen LogP contribution is -2.54. The molecule has 1 fully saturated rings. The molecule has 0 heterocycles. The maximum atomic E-state index is 13.1. The monoisotopic (exact) mass is 357 g/mol. The van der Waals surface area contributed by atoms with E-state index in [1.165, 1.54) is 18.2 Å². The van der Waals surface area contributed by atoms with Crippen LogP contribution in [0.3, 0.4) is 0 Å². The van der Waals surface area contributed by atoms with Gasteiger partial charge in [0.25, 0.3) is 5.91 Å². The van der Waals surface area contributed by atoms with E-state index < -0.39 is 23.2 Å². The molecule has 1 aliphatic carbocycles. The van der Waals surface area contributed by atoms with Gasteiger partial charge < -0.3 is 10.4 Å². The van der Waals surface area contributed by atoms with Gasteiger partial charge in [0, 0.05) is 4.47 Å². The fourth-order valence-electron chi connectivity index (χ4n) is 2.68. The Morgan fingerprint density at radius 1 is 1.19 bits per heavy atom. The number of benzene rings is 1. The fourth-order valence-corrected chi connectivity index (χ4v) is 3.21. The minimum atomic E-state index is -1.22. The summed E-state index contributed by atoms with van der Waals surface area (Å²) in [5.41, 5.74) is -0.984. The van der Waals surface area contributed by atoms with Gasteiger partial charge >= 0.3 is 5.97 Å². The van der Waals surface area contributed by atoms with E-state index >= 15 is 0 Å². The maximum absolute atomic E-state index is 13.1. The zero-order valence-corrected chi connectivity index (χ0v) is 13.1. The number of halogens is 2. The molecule has 0 radical (unpaired) electrons. The summed E-state index contributed by atoms with van der Waals surface area (Å²) >= 11 is 3.13. The van der Waals surface area contributed by atoms with Gasteiger partial charge in [0.2, 0.25) is 0 Å². The highest BCUT2D eigenvalue weighted by atomic mass is 79.9. The van der Waals surface area contributed by atoms with Gasteiger partial charge in [0.15, 0.2) is 0 Å². The van der Waals surface area contributed by atoms with Crippen molar-refractivity contribution in [3.8, 4) is 0 Å².